The van der Waals surface area contributed by atoms with Gasteiger partial charge in [0.05, 0.1) is 12.5 Å². The smallest absolute Gasteiger partial charge is 0.326 e. The van der Waals surface area contributed by atoms with Crippen molar-refractivity contribution >= 4 is 23.9 Å². The summed E-state index contributed by atoms with van der Waals surface area (Å²) < 4.78 is 0. The van der Waals surface area contributed by atoms with E-state index in [9.17, 15) is 19.5 Å². The average molecular weight is 328 g/mol. The highest BCUT2D eigenvalue weighted by Gasteiger charge is 2.38. The second kappa shape index (κ2) is 6.47. The molecule has 0 bridgehead atoms. The SMILES string of the molecule is CC(=O)N1C=Cc2ccccc2C1CC(=O)NC(C(=O)O)C1CC1. The molecule has 126 valence electrons. The molecule has 24 heavy (non-hydrogen) atoms. The molecule has 2 atom stereocenters. The minimum absolute atomic E-state index is 0.0221. The maximum absolute atomic E-state index is 12.4. The maximum Gasteiger partial charge on any atom is 0.326 e. The fraction of sp³-hybridized carbons (Fsp3) is 0.389. The number of amides is 2. The van der Waals surface area contributed by atoms with Gasteiger partial charge in [-0.2, -0.15) is 0 Å². The Morgan fingerprint density at radius 1 is 1.29 bits per heavy atom. The molecule has 2 amide bonds. The van der Waals surface area contributed by atoms with Gasteiger partial charge in [-0.05, 0) is 36.0 Å². The van der Waals surface area contributed by atoms with E-state index < -0.39 is 18.1 Å². The van der Waals surface area contributed by atoms with E-state index in [2.05, 4.69) is 5.32 Å². The first-order valence-corrected chi connectivity index (χ1v) is 8.05. The van der Waals surface area contributed by atoms with Gasteiger partial charge in [0, 0.05) is 13.1 Å². The van der Waals surface area contributed by atoms with Crippen molar-refractivity contribution in [1.29, 1.82) is 0 Å². The molecular weight excluding hydrogens is 308 g/mol. The van der Waals surface area contributed by atoms with E-state index in [1.807, 2.05) is 30.3 Å². The molecular formula is C18H20N2O4. The molecule has 0 aromatic heterocycles. The van der Waals surface area contributed by atoms with Crippen LogP contribution in [0, 0.1) is 5.92 Å². The Morgan fingerprint density at radius 2 is 2.00 bits per heavy atom. The van der Waals surface area contributed by atoms with Crippen molar-refractivity contribution in [3.8, 4) is 0 Å². The van der Waals surface area contributed by atoms with Gasteiger partial charge >= 0.3 is 5.97 Å². The second-order valence-electron chi connectivity index (χ2n) is 6.31. The molecule has 6 nitrogen and oxygen atoms in total. The summed E-state index contributed by atoms with van der Waals surface area (Å²) in [6.07, 6.45) is 5.21. The number of carboxylic acid groups (broad SMARTS) is 1. The van der Waals surface area contributed by atoms with E-state index in [4.69, 9.17) is 0 Å². The lowest BCUT2D eigenvalue weighted by atomic mass is 9.93. The van der Waals surface area contributed by atoms with Gasteiger partial charge in [-0.3, -0.25) is 9.59 Å². The van der Waals surface area contributed by atoms with Crippen molar-refractivity contribution in [2.24, 2.45) is 5.92 Å². The van der Waals surface area contributed by atoms with Crippen LogP contribution in [0.1, 0.15) is 43.4 Å². The highest BCUT2D eigenvalue weighted by molar-refractivity contribution is 5.86. The van der Waals surface area contributed by atoms with Crippen LogP contribution < -0.4 is 5.32 Å². The molecule has 1 fully saturated rings. The molecule has 0 spiro atoms. The third kappa shape index (κ3) is 3.32. The first-order valence-electron chi connectivity index (χ1n) is 8.05. The van der Waals surface area contributed by atoms with Gasteiger partial charge in [0.15, 0.2) is 0 Å². The standard InChI is InChI=1S/C18H20N2O4/c1-11(21)20-9-8-12-4-2-3-5-14(12)15(20)10-16(22)19-17(18(23)24)13-6-7-13/h2-5,8-9,13,15,17H,6-7,10H2,1H3,(H,19,22)(H,23,24). The van der Waals surface area contributed by atoms with Crippen LogP contribution in [0.25, 0.3) is 6.08 Å². The topological polar surface area (TPSA) is 86.7 Å². The third-order valence-corrected chi connectivity index (χ3v) is 4.52. The van der Waals surface area contributed by atoms with Gasteiger partial charge in [-0.1, -0.05) is 24.3 Å². The lowest BCUT2D eigenvalue weighted by Gasteiger charge is -2.32. The number of aliphatic carboxylic acids is 1. The summed E-state index contributed by atoms with van der Waals surface area (Å²) in [5.74, 6) is -1.49. The number of rotatable bonds is 5. The molecule has 2 N–H and O–H groups in total. The van der Waals surface area contributed by atoms with Crippen LogP contribution in [-0.4, -0.2) is 33.8 Å². The van der Waals surface area contributed by atoms with Crippen molar-refractivity contribution in [2.45, 2.75) is 38.3 Å². The summed E-state index contributed by atoms with van der Waals surface area (Å²) in [5.41, 5.74) is 1.86. The highest BCUT2D eigenvalue weighted by Crippen LogP contribution is 2.34. The molecule has 0 saturated heterocycles. The Bertz CT molecular complexity index is 709. The Hall–Kier alpha value is -2.63. The third-order valence-electron chi connectivity index (χ3n) is 4.52. The first kappa shape index (κ1) is 16.2. The summed E-state index contributed by atoms with van der Waals surface area (Å²) in [6.45, 7) is 1.45. The van der Waals surface area contributed by atoms with Gasteiger partial charge in [0.2, 0.25) is 11.8 Å². The Balaban J connectivity index is 1.78. The van der Waals surface area contributed by atoms with Crippen LogP contribution in [0.5, 0.6) is 0 Å². The molecule has 6 heteroatoms. The summed E-state index contributed by atoms with van der Waals surface area (Å²) in [4.78, 5) is 37.1. The van der Waals surface area contributed by atoms with Gasteiger partial charge in [0.25, 0.3) is 0 Å². The zero-order valence-electron chi connectivity index (χ0n) is 13.4. The van der Waals surface area contributed by atoms with E-state index in [1.165, 1.54) is 11.8 Å². The van der Waals surface area contributed by atoms with Crippen molar-refractivity contribution in [3.63, 3.8) is 0 Å². The summed E-state index contributed by atoms with van der Waals surface area (Å²) >= 11 is 0. The zero-order valence-corrected chi connectivity index (χ0v) is 13.4. The minimum atomic E-state index is -1.00. The number of fused-ring (bicyclic) bond motifs is 1. The number of carboxylic acids is 1. The van der Waals surface area contributed by atoms with Crippen LogP contribution in [0.2, 0.25) is 0 Å². The fourth-order valence-corrected chi connectivity index (χ4v) is 3.13. The minimum Gasteiger partial charge on any atom is -0.480 e. The Kier molecular flexibility index (Phi) is 4.38. The molecule has 1 aliphatic carbocycles. The second-order valence-corrected chi connectivity index (χ2v) is 6.31. The quantitative estimate of drug-likeness (QED) is 0.865. The average Bonchev–Trinajstić information content (AvgIpc) is 3.37. The van der Waals surface area contributed by atoms with Gasteiger partial charge in [-0.15, -0.1) is 0 Å². The number of nitrogens with zero attached hydrogens (tertiary/aromatic N) is 1. The number of hydrogen-bond acceptors (Lipinski definition) is 3. The van der Waals surface area contributed by atoms with E-state index in [0.717, 1.165) is 24.0 Å². The van der Waals surface area contributed by atoms with E-state index in [1.54, 1.807) is 6.20 Å². The van der Waals surface area contributed by atoms with Crippen molar-refractivity contribution in [3.05, 3.63) is 41.6 Å². The normalized spacial score (nSPS) is 20.2. The fourth-order valence-electron chi connectivity index (χ4n) is 3.13. The summed E-state index contributed by atoms with van der Waals surface area (Å²) in [7, 11) is 0. The van der Waals surface area contributed by atoms with Crippen molar-refractivity contribution < 1.29 is 19.5 Å². The number of carbonyl (C=O) groups is 3. The molecule has 1 heterocycles. The molecule has 1 aliphatic heterocycles. The summed E-state index contributed by atoms with van der Waals surface area (Å²) in [5, 5.41) is 11.9. The predicted molar refractivity (Wildman–Crippen MR) is 87.6 cm³/mol. The Labute approximate surface area is 140 Å². The van der Waals surface area contributed by atoms with E-state index >= 15 is 0 Å². The number of benzene rings is 1. The van der Waals surface area contributed by atoms with Crippen molar-refractivity contribution in [1.82, 2.24) is 10.2 Å². The summed E-state index contributed by atoms with van der Waals surface area (Å²) in [6, 6.07) is 6.33. The zero-order chi connectivity index (χ0) is 17.3. The molecule has 1 aromatic carbocycles. The molecule has 3 rings (SSSR count). The molecule has 2 aliphatic rings. The number of hydrogen-bond donors (Lipinski definition) is 2. The lowest BCUT2D eigenvalue weighted by Crippen LogP contribution is -2.44. The molecule has 1 aromatic rings. The monoisotopic (exact) mass is 328 g/mol. The van der Waals surface area contributed by atoms with Crippen LogP contribution in [0.4, 0.5) is 0 Å². The number of nitrogens with one attached hydrogen (secondary N) is 1. The maximum atomic E-state index is 12.4. The van der Waals surface area contributed by atoms with E-state index in [0.29, 0.717) is 0 Å². The largest absolute Gasteiger partial charge is 0.480 e. The lowest BCUT2D eigenvalue weighted by molar-refractivity contribution is -0.143. The van der Waals surface area contributed by atoms with Crippen LogP contribution in [0.3, 0.4) is 0 Å². The van der Waals surface area contributed by atoms with Gasteiger partial charge in [-0.25, -0.2) is 4.79 Å². The van der Waals surface area contributed by atoms with Gasteiger partial charge in [0.1, 0.15) is 6.04 Å². The number of carbonyl (C=O) groups excluding carboxylic acids is 2. The predicted octanol–water partition coefficient (Wildman–Crippen LogP) is 1.93. The van der Waals surface area contributed by atoms with Crippen LogP contribution in [-0.2, 0) is 14.4 Å². The molecule has 1 saturated carbocycles. The first-order chi connectivity index (χ1) is 11.5. The Morgan fingerprint density at radius 3 is 2.62 bits per heavy atom. The van der Waals surface area contributed by atoms with Crippen LogP contribution in [0.15, 0.2) is 30.5 Å². The highest BCUT2D eigenvalue weighted by atomic mass is 16.4. The van der Waals surface area contributed by atoms with E-state index in [-0.39, 0.29) is 24.2 Å². The van der Waals surface area contributed by atoms with Crippen molar-refractivity contribution in [2.75, 3.05) is 0 Å². The van der Waals surface area contributed by atoms with Crippen LogP contribution >= 0.6 is 0 Å². The molecule has 2 unspecified atom stereocenters. The molecule has 0 radical (unpaired) electrons. The van der Waals surface area contributed by atoms with Gasteiger partial charge < -0.3 is 15.3 Å².